The Hall–Kier alpha value is -1.22. The van der Waals surface area contributed by atoms with Crippen molar-refractivity contribution in [1.29, 1.82) is 0 Å². The van der Waals surface area contributed by atoms with E-state index in [1.807, 2.05) is 6.07 Å². The van der Waals surface area contributed by atoms with E-state index in [0.717, 1.165) is 18.2 Å². The fraction of sp³-hybridized carbons (Fsp3) is 0.538. The van der Waals surface area contributed by atoms with Gasteiger partial charge in [-0.2, -0.15) is 0 Å². The molecule has 1 saturated carbocycles. The first-order valence-corrected chi connectivity index (χ1v) is 5.96. The van der Waals surface area contributed by atoms with E-state index in [0.29, 0.717) is 12.1 Å². The standard InChI is InChI=1S/C13H18N2O/c1-16-12-4-2-3-10(7-12)15-11-5-9(6-11)13(15)8-14/h2-4,7,9,11,13H,5-6,8,14H2,1H3. The third kappa shape index (κ3) is 1.31. The number of benzene rings is 1. The van der Waals surface area contributed by atoms with Gasteiger partial charge in [-0.05, 0) is 30.9 Å². The van der Waals surface area contributed by atoms with Gasteiger partial charge in [0.2, 0.25) is 0 Å². The second-order valence-corrected chi connectivity index (χ2v) is 4.80. The average Bonchev–Trinajstić information content (AvgIpc) is 2.82. The second kappa shape index (κ2) is 3.67. The first-order valence-electron chi connectivity index (χ1n) is 5.96. The van der Waals surface area contributed by atoms with Crippen LogP contribution in [-0.4, -0.2) is 25.7 Å². The predicted molar refractivity (Wildman–Crippen MR) is 64.8 cm³/mol. The molecule has 2 heterocycles. The van der Waals surface area contributed by atoms with Crippen molar-refractivity contribution in [1.82, 2.24) is 0 Å². The minimum Gasteiger partial charge on any atom is -0.497 e. The van der Waals surface area contributed by atoms with E-state index in [4.69, 9.17) is 10.5 Å². The minimum atomic E-state index is 0.539. The van der Waals surface area contributed by atoms with Gasteiger partial charge in [0.25, 0.3) is 0 Å². The van der Waals surface area contributed by atoms with Crippen molar-refractivity contribution in [2.24, 2.45) is 11.7 Å². The highest BCUT2D eigenvalue weighted by Crippen LogP contribution is 2.47. The van der Waals surface area contributed by atoms with Gasteiger partial charge in [-0.25, -0.2) is 0 Å². The molecule has 1 aromatic carbocycles. The van der Waals surface area contributed by atoms with Crippen LogP contribution in [0.25, 0.3) is 0 Å². The average molecular weight is 218 g/mol. The van der Waals surface area contributed by atoms with Gasteiger partial charge >= 0.3 is 0 Å². The van der Waals surface area contributed by atoms with Gasteiger partial charge in [-0.3, -0.25) is 0 Å². The molecular formula is C13H18N2O. The summed E-state index contributed by atoms with van der Waals surface area (Å²) in [6.45, 7) is 0.762. The molecule has 0 radical (unpaired) electrons. The molecule has 2 bridgehead atoms. The van der Waals surface area contributed by atoms with Gasteiger partial charge in [-0.15, -0.1) is 0 Å². The first-order chi connectivity index (χ1) is 7.83. The minimum absolute atomic E-state index is 0.539. The monoisotopic (exact) mass is 218 g/mol. The topological polar surface area (TPSA) is 38.5 Å². The number of hydrogen-bond donors (Lipinski definition) is 1. The van der Waals surface area contributed by atoms with Crippen molar-refractivity contribution < 1.29 is 4.74 Å². The van der Waals surface area contributed by atoms with Gasteiger partial charge < -0.3 is 15.4 Å². The number of fused-ring (bicyclic) bond motifs is 1. The zero-order chi connectivity index (χ0) is 11.1. The van der Waals surface area contributed by atoms with Crippen molar-refractivity contribution >= 4 is 5.69 Å². The lowest BCUT2D eigenvalue weighted by Crippen LogP contribution is -2.36. The summed E-state index contributed by atoms with van der Waals surface area (Å²) in [5.74, 6) is 1.75. The summed E-state index contributed by atoms with van der Waals surface area (Å²) in [5, 5.41) is 0. The maximum atomic E-state index is 5.88. The lowest BCUT2D eigenvalue weighted by molar-refractivity contribution is 0.354. The first kappa shape index (κ1) is 9.97. The quantitative estimate of drug-likeness (QED) is 0.838. The Morgan fingerprint density at radius 2 is 2.25 bits per heavy atom. The molecule has 0 aromatic heterocycles. The van der Waals surface area contributed by atoms with Crippen LogP contribution in [0.3, 0.4) is 0 Å². The molecule has 1 aliphatic carbocycles. The summed E-state index contributed by atoms with van der Waals surface area (Å²) >= 11 is 0. The Morgan fingerprint density at radius 3 is 2.94 bits per heavy atom. The van der Waals surface area contributed by atoms with Gasteiger partial charge in [0.1, 0.15) is 5.75 Å². The van der Waals surface area contributed by atoms with E-state index < -0.39 is 0 Å². The van der Waals surface area contributed by atoms with Crippen LogP contribution in [0, 0.1) is 5.92 Å². The summed E-state index contributed by atoms with van der Waals surface area (Å²) < 4.78 is 5.27. The van der Waals surface area contributed by atoms with Gasteiger partial charge in [0.05, 0.1) is 7.11 Å². The molecule has 3 heteroatoms. The molecule has 3 aliphatic rings. The number of hydrogen-bond acceptors (Lipinski definition) is 3. The van der Waals surface area contributed by atoms with Crippen molar-refractivity contribution in [3.05, 3.63) is 24.3 Å². The normalized spacial score (nSPS) is 31.4. The SMILES string of the molecule is COc1cccc(N2C3CC(C3)C2CN)c1. The Kier molecular flexibility index (Phi) is 2.28. The fourth-order valence-electron chi connectivity index (χ4n) is 3.15. The molecule has 0 amide bonds. The molecule has 2 N–H and O–H groups in total. The number of nitrogens with two attached hydrogens (primary N) is 1. The maximum absolute atomic E-state index is 5.88. The highest BCUT2D eigenvalue weighted by Gasteiger charge is 2.49. The summed E-state index contributed by atoms with van der Waals surface area (Å²) in [7, 11) is 1.71. The molecule has 16 heavy (non-hydrogen) atoms. The van der Waals surface area contributed by atoms with Gasteiger partial charge in [0.15, 0.2) is 0 Å². The van der Waals surface area contributed by atoms with Crippen LogP contribution in [0.2, 0.25) is 0 Å². The second-order valence-electron chi connectivity index (χ2n) is 4.80. The van der Waals surface area contributed by atoms with E-state index in [-0.39, 0.29) is 0 Å². The third-order valence-electron chi connectivity index (χ3n) is 4.04. The summed E-state index contributed by atoms with van der Waals surface area (Å²) in [6.07, 6.45) is 2.64. The Morgan fingerprint density at radius 1 is 1.44 bits per heavy atom. The number of anilines is 1. The Bertz CT molecular complexity index is 387. The molecule has 3 fully saturated rings. The molecule has 1 aromatic rings. The molecule has 0 spiro atoms. The molecule has 2 aliphatic heterocycles. The summed E-state index contributed by atoms with van der Waals surface area (Å²) in [4.78, 5) is 2.49. The molecule has 2 saturated heterocycles. The van der Waals surface area contributed by atoms with Crippen molar-refractivity contribution in [3.8, 4) is 5.75 Å². The van der Waals surface area contributed by atoms with Crippen LogP contribution in [0.15, 0.2) is 24.3 Å². The Labute approximate surface area is 96.2 Å². The maximum Gasteiger partial charge on any atom is 0.120 e. The zero-order valence-electron chi connectivity index (χ0n) is 9.60. The lowest BCUT2D eigenvalue weighted by Gasteiger charge is -2.28. The van der Waals surface area contributed by atoms with Crippen LogP contribution < -0.4 is 15.4 Å². The molecule has 4 rings (SSSR count). The van der Waals surface area contributed by atoms with Gasteiger partial charge in [-0.1, -0.05) is 6.07 Å². The van der Waals surface area contributed by atoms with Crippen LogP contribution >= 0.6 is 0 Å². The highest BCUT2D eigenvalue weighted by molar-refractivity contribution is 5.55. The zero-order valence-corrected chi connectivity index (χ0v) is 9.60. The molecule has 3 nitrogen and oxygen atoms in total. The summed E-state index contributed by atoms with van der Waals surface area (Å²) in [6, 6.07) is 9.57. The summed E-state index contributed by atoms with van der Waals surface area (Å²) in [5.41, 5.74) is 7.14. The van der Waals surface area contributed by atoms with Crippen LogP contribution in [-0.2, 0) is 0 Å². The number of methoxy groups -OCH3 is 1. The van der Waals surface area contributed by atoms with Gasteiger partial charge in [0, 0.05) is 30.4 Å². The van der Waals surface area contributed by atoms with E-state index in [1.165, 1.54) is 18.5 Å². The van der Waals surface area contributed by atoms with Crippen molar-refractivity contribution in [2.75, 3.05) is 18.6 Å². The van der Waals surface area contributed by atoms with Crippen LogP contribution in [0.1, 0.15) is 12.8 Å². The highest BCUT2D eigenvalue weighted by atomic mass is 16.5. The van der Waals surface area contributed by atoms with Crippen molar-refractivity contribution in [3.63, 3.8) is 0 Å². The van der Waals surface area contributed by atoms with E-state index in [2.05, 4.69) is 23.1 Å². The Balaban J connectivity index is 1.91. The van der Waals surface area contributed by atoms with Crippen molar-refractivity contribution in [2.45, 2.75) is 24.9 Å². The number of ether oxygens (including phenoxy) is 1. The molecule has 1 unspecified atom stereocenters. The molecular weight excluding hydrogens is 200 g/mol. The van der Waals surface area contributed by atoms with E-state index in [1.54, 1.807) is 7.11 Å². The number of rotatable bonds is 3. The fourth-order valence-corrected chi connectivity index (χ4v) is 3.15. The van der Waals surface area contributed by atoms with Crippen LogP contribution in [0.4, 0.5) is 5.69 Å². The molecule has 1 atom stereocenters. The van der Waals surface area contributed by atoms with Crippen LogP contribution in [0.5, 0.6) is 5.75 Å². The third-order valence-corrected chi connectivity index (χ3v) is 4.04. The molecule has 86 valence electrons. The van der Waals surface area contributed by atoms with E-state index >= 15 is 0 Å². The predicted octanol–water partition coefficient (Wildman–Crippen LogP) is 1.62. The smallest absolute Gasteiger partial charge is 0.120 e. The lowest BCUT2D eigenvalue weighted by atomic mass is 9.83. The largest absolute Gasteiger partial charge is 0.497 e. The number of nitrogens with zero attached hydrogens (tertiary/aromatic N) is 1. The van der Waals surface area contributed by atoms with E-state index in [9.17, 15) is 0 Å².